The van der Waals surface area contributed by atoms with Gasteiger partial charge in [-0.2, -0.15) is 11.8 Å². The van der Waals surface area contributed by atoms with Gasteiger partial charge in [0.1, 0.15) is 17.1 Å². The van der Waals surface area contributed by atoms with Gasteiger partial charge in [0.15, 0.2) is 5.43 Å². The first-order valence-electron chi connectivity index (χ1n) is 9.73. The second kappa shape index (κ2) is 8.76. The van der Waals surface area contributed by atoms with Crippen molar-refractivity contribution >= 4 is 34.6 Å². The molecule has 3 N–H and O–H groups in total. The predicted octanol–water partition coefficient (Wildman–Crippen LogP) is 4.06. The highest BCUT2D eigenvalue weighted by molar-refractivity contribution is 7.98. The van der Waals surface area contributed by atoms with Gasteiger partial charge in [-0.1, -0.05) is 0 Å². The van der Waals surface area contributed by atoms with Crippen molar-refractivity contribution in [1.82, 2.24) is 5.32 Å². The molecule has 0 bridgehead atoms. The van der Waals surface area contributed by atoms with Gasteiger partial charge in [-0.25, -0.2) is 4.79 Å². The number of thioether (sulfide) groups is 1. The van der Waals surface area contributed by atoms with Crippen molar-refractivity contribution in [3.05, 3.63) is 75.9 Å². The van der Waals surface area contributed by atoms with E-state index in [1.54, 1.807) is 23.9 Å². The summed E-state index contributed by atoms with van der Waals surface area (Å²) in [5, 5.41) is 23.1. The van der Waals surface area contributed by atoms with Crippen LogP contribution in [0.5, 0.6) is 5.75 Å². The highest BCUT2D eigenvalue weighted by Crippen LogP contribution is 2.42. The Morgan fingerprint density at radius 3 is 2.59 bits per heavy atom. The van der Waals surface area contributed by atoms with Crippen LogP contribution in [-0.4, -0.2) is 40.6 Å². The lowest BCUT2D eigenvalue weighted by Gasteiger charge is -2.17. The van der Waals surface area contributed by atoms with E-state index in [1.807, 2.05) is 6.26 Å². The van der Waals surface area contributed by atoms with E-state index in [2.05, 4.69) is 5.32 Å². The van der Waals surface area contributed by atoms with E-state index in [9.17, 15) is 24.6 Å². The van der Waals surface area contributed by atoms with Crippen LogP contribution in [0, 0.1) is 0 Å². The lowest BCUT2D eigenvalue weighted by atomic mass is 9.89. The smallest absolute Gasteiger partial charge is 0.336 e. The quantitative estimate of drug-likeness (QED) is 0.300. The molecule has 1 aliphatic carbocycles. The van der Waals surface area contributed by atoms with Crippen molar-refractivity contribution in [2.24, 2.45) is 0 Å². The van der Waals surface area contributed by atoms with Crippen molar-refractivity contribution in [3.8, 4) is 28.2 Å². The highest BCUT2D eigenvalue weighted by Gasteiger charge is 2.23. The maximum atomic E-state index is 12.6. The minimum atomic E-state index is -1.16. The molecule has 7 nitrogen and oxygen atoms in total. The molecule has 2 aliphatic rings. The van der Waals surface area contributed by atoms with E-state index in [0.717, 1.165) is 5.75 Å². The molecule has 162 valence electrons. The number of phenols is 1. The molecule has 0 saturated heterocycles. The monoisotopic (exact) mass is 449 g/mol. The summed E-state index contributed by atoms with van der Waals surface area (Å²) in [6.07, 6.45) is 1.94. The number of aromatic carboxylic acids is 1. The number of nitrogens with one attached hydrogen (secondary N) is 1. The van der Waals surface area contributed by atoms with Crippen LogP contribution >= 0.6 is 11.8 Å². The maximum Gasteiger partial charge on any atom is 0.336 e. The number of hydrogen-bond donors (Lipinski definition) is 3. The molecule has 0 radical (unpaired) electrons. The molecular formula is C24H19NO6S. The van der Waals surface area contributed by atoms with Crippen molar-refractivity contribution in [2.75, 3.05) is 18.6 Å². The van der Waals surface area contributed by atoms with Gasteiger partial charge >= 0.3 is 5.97 Å². The van der Waals surface area contributed by atoms with Crippen LogP contribution in [-0.2, 0) is 0 Å². The van der Waals surface area contributed by atoms with Crippen molar-refractivity contribution in [2.45, 2.75) is 0 Å². The Hall–Kier alpha value is -3.78. The first kappa shape index (κ1) is 21.5. The Morgan fingerprint density at radius 2 is 1.84 bits per heavy atom. The largest absolute Gasteiger partial charge is 0.508 e. The Kier molecular flexibility index (Phi) is 5.87. The molecule has 0 saturated carbocycles. The topological polar surface area (TPSA) is 117 Å². The third-order valence-electron chi connectivity index (χ3n) is 5.05. The zero-order chi connectivity index (χ0) is 22.8. The predicted molar refractivity (Wildman–Crippen MR) is 124 cm³/mol. The number of carbonyl (C=O) groups is 2. The van der Waals surface area contributed by atoms with Gasteiger partial charge in [-0.3, -0.25) is 9.59 Å². The molecule has 1 aliphatic heterocycles. The molecule has 1 amide bonds. The molecule has 2 aromatic carbocycles. The van der Waals surface area contributed by atoms with E-state index in [1.165, 1.54) is 42.5 Å². The molecule has 0 fully saturated rings. The zero-order valence-electron chi connectivity index (χ0n) is 17.0. The number of carbonyl (C=O) groups excluding carboxylic acids is 1. The zero-order valence-corrected chi connectivity index (χ0v) is 17.9. The van der Waals surface area contributed by atoms with Gasteiger partial charge in [0.05, 0.1) is 5.56 Å². The van der Waals surface area contributed by atoms with Crippen LogP contribution in [0.1, 0.15) is 20.7 Å². The average molecular weight is 449 g/mol. The Bertz CT molecular complexity index is 1380. The number of fused-ring (bicyclic) bond motifs is 2. The molecule has 0 unspecified atom stereocenters. The van der Waals surface area contributed by atoms with Gasteiger partial charge in [-0.15, -0.1) is 0 Å². The summed E-state index contributed by atoms with van der Waals surface area (Å²) in [4.78, 5) is 36.6. The first-order chi connectivity index (χ1) is 15.4. The van der Waals surface area contributed by atoms with Crippen LogP contribution in [0.15, 0.2) is 63.8 Å². The molecule has 8 heteroatoms. The summed E-state index contributed by atoms with van der Waals surface area (Å²) < 4.78 is 5.82. The number of benzene rings is 3. The standard InChI is InChI=1S/C24H19NO6S/c1-32-9-8-25-23(28)13-2-5-16(24(29)30)19(10-13)22-17-6-3-14(26)11-20(17)31-21-12-15(27)4-7-18(21)22/h2-7,10-12,26H,8-9H2,1H3,(H,25,28)(H,29,30). The van der Waals surface area contributed by atoms with E-state index in [0.29, 0.717) is 34.2 Å². The van der Waals surface area contributed by atoms with Gasteiger partial charge in [-0.05, 0) is 54.3 Å². The van der Waals surface area contributed by atoms with Crippen LogP contribution in [0.4, 0.5) is 0 Å². The van der Waals surface area contributed by atoms with Crippen molar-refractivity contribution < 1.29 is 24.2 Å². The fourth-order valence-corrected chi connectivity index (χ4v) is 3.90. The van der Waals surface area contributed by atoms with Crippen molar-refractivity contribution in [3.63, 3.8) is 0 Å². The SMILES string of the molecule is CSCCNC(=O)c1ccc(C(=O)O)c(-c2c3ccc(=O)cc-3oc3cc(O)ccc23)c1. The molecule has 4 rings (SSSR count). The molecule has 1 heterocycles. The third kappa shape index (κ3) is 4.04. The van der Waals surface area contributed by atoms with Crippen molar-refractivity contribution in [1.29, 1.82) is 0 Å². The van der Waals surface area contributed by atoms with E-state index in [4.69, 9.17) is 4.42 Å². The molecular weight excluding hydrogens is 430 g/mol. The van der Waals surface area contributed by atoms with E-state index < -0.39 is 5.97 Å². The summed E-state index contributed by atoms with van der Waals surface area (Å²) >= 11 is 1.60. The fourth-order valence-electron chi connectivity index (χ4n) is 3.60. The van der Waals surface area contributed by atoms with Crippen LogP contribution < -0.4 is 10.7 Å². The van der Waals surface area contributed by atoms with Gasteiger partial charge in [0.25, 0.3) is 5.91 Å². The Balaban J connectivity index is 2.01. The van der Waals surface area contributed by atoms with Gasteiger partial charge in [0, 0.05) is 46.5 Å². The fraction of sp³-hybridized carbons (Fsp3) is 0.125. The number of amides is 1. The molecule has 0 spiro atoms. The second-order valence-electron chi connectivity index (χ2n) is 7.13. The number of carboxylic acid groups (broad SMARTS) is 1. The minimum absolute atomic E-state index is 0.00117. The minimum Gasteiger partial charge on any atom is -0.508 e. The lowest BCUT2D eigenvalue weighted by molar-refractivity contribution is 0.0697. The number of aromatic hydroxyl groups is 1. The summed E-state index contributed by atoms with van der Waals surface area (Å²) in [7, 11) is 0. The van der Waals surface area contributed by atoms with Crippen LogP contribution in [0.25, 0.3) is 33.4 Å². The third-order valence-corrected chi connectivity index (χ3v) is 5.66. The van der Waals surface area contributed by atoms with E-state index >= 15 is 0 Å². The summed E-state index contributed by atoms with van der Waals surface area (Å²) in [5.41, 5.74) is 1.65. The van der Waals surface area contributed by atoms with E-state index in [-0.39, 0.29) is 34.0 Å². The van der Waals surface area contributed by atoms with Crippen LogP contribution in [0.3, 0.4) is 0 Å². The summed E-state index contributed by atoms with van der Waals surface area (Å²) in [6, 6.07) is 13.1. The summed E-state index contributed by atoms with van der Waals surface area (Å²) in [5.74, 6) is -0.508. The second-order valence-corrected chi connectivity index (χ2v) is 8.12. The number of hydrogen-bond acceptors (Lipinski definition) is 6. The Morgan fingerprint density at radius 1 is 1.03 bits per heavy atom. The first-order valence-corrected chi connectivity index (χ1v) is 11.1. The van der Waals surface area contributed by atoms with Crippen LogP contribution in [0.2, 0.25) is 0 Å². The number of rotatable bonds is 6. The number of carboxylic acids is 1. The summed E-state index contributed by atoms with van der Waals surface area (Å²) in [6.45, 7) is 0.484. The maximum absolute atomic E-state index is 12.6. The normalized spacial score (nSPS) is 11.0. The number of phenolic OH excluding ortho intramolecular Hbond substituents is 1. The molecule has 0 atom stereocenters. The van der Waals surface area contributed by atoms with Gasteiger partial charge in [0.2, 0.25) is 0 Å². The Labute approximate surface area is 187 Å². The molecule has 2 aromatic rings. The lowest BCUT2D eigenvalue weighted by Crippen LogP contribution is -2.25. The van der Waals surface area contributed by atoms with Gasteiger partial charge < -0.3 is 19.9 Å². The molecule has 0 aromatic heterocycles. The highest BCUT2D eigenvalue weighted by atomic mass is 32.2. The molecule has 32 heavy (non-hydrogen) atoms. The average Bonchev–Trinajstić information content (AvgIpc) is 2.76.